The molecule has 0 saturated heterocycles. The molecule has 1 amide bonds. The molecule has 0 aromatic carbocycles. The van der Waals surface area contributed by atoms with Gasteiger partial charge in [-0.1, -0.05) is 256 Å². The third kappa shape index (κ3) is 49.6. The Hall–Kier alpha value is -1.66. The number of aliphatic hydroxyl groups is 2. The van der Waals surface area contributed by atoms with Crippen molar-refractivity contribution in [3.8, 4) is 0 Å². The number of aliphatic hydroxyl groups excluding tert-OH is 2. The molecule has 0 aromatic rings. The Balaban J connectivity index is 3.42. The topological polar surface area (TPSA) is 95.9 Å². The van der Waals surface area contributed by atoms with Crippen molar-refractivity contribution >= 4 is 11.9 Å². The molecule has 0 aliphatic rings. The maximum absolute atomic E-state index is 12.4. The molecule has 0 heterocycles. The van der Waals surface area contributed by atoms with E-state index in [0.29, 0.717) is 19.4 Å². The summed E-state index contributed by atoms with van der Waals surface area (Å²) in [6.45, 7) is 4.89. The molecular weight excluding hydrogens is 779 g/mol. The molecule has 6 nitrogen and oxygen atoms in total. The van der Waals surface area contributed by atoms with Crippen molar-refractivity contribution in [3.63, 3.8) is 0 Å². The molecule has 3 N–H and O–H groups in total. The zero-order chi connectivity index (χ0) is 45.8. The molecule has 0 aliphatic heterocycles. The van der Waals surface area contributed by atoms with E-state index in [4.69, 9.17) is 4.74 Å². The number of esters is 1. The summed E-state index contributed by atoms with van der Waals surface area (Å²) in [5.41, 5.74) is 0. The molecule has 63 heavy (non-hydrogen) atoms. The average molecular weight is 889 g/mol. The molecular formula is C57H109NO5. The minimum atomic E-state index is -0.845. The molecule has 0 aliphatic carbocycles. The zero-order valence-electron chi connectivity index (χ0n) is 42.3. The molecule has 0 fully saturated rings. The van der Waals surface area contributed by atoms with Gasteiger partial charge in [-0.25, -0.2) is 0 Å². The normalized spacial score (nSPS) is 12.8. The van der Waals surface area contributed by atoms with Crippen LogP contribution >= 0.6 is 0 Å². The van der Waals surface area contributed by atoms with Gasteiger partial charge < -0.3 is 20.3 Å². The first-order chi connectivity index (χ1) is 31.0. The molecule has 372 valence electrons. The third-order valence-corrected chi connectivity index (χ3v) is 13.0. The lowest BCUT2D eigenvalue weighted by Gasteiger charge is -2.20. The minimum Gasteiger partial charge on any atom is -0.466 e. The predicted octanol–water partition coefficient (Wildman–Crippen LogP) is 17.1. The van der Waals surface area contributed by atoms with E-state index < -0.39 is 12.1 Å². The van der Waals surface area contributed by atoms with Crippen LogP contribution in [0.1, 0.15) is 303 Å². The van der Waals surface area contributed by atoms with Crippen LogP contribution in [-0.2, 0) is 14.3 Å². The lowest BCUT2D eigenvalue weighted by molar-refractivity contribution is -0.143. The van der Waals surface area contributed by atoms with Crippen LogP contribution < -0.4 is 5.32 Å². The summed E-state index contributed by atoms with van der Waals surface area (Å²) in [6, 6.07) is -0.629. The Morgan fingerprint density at radius 1 is 0.429 bits per heavy atom. The van der Waals surface area contributed by atoms with Crippen LogP contribution in [0.5, 0.6) is 0 Å². The first kappa shape index (κ1) is 61.3. The van der Waals surface area contributed by atoms with Gasteiger partial charge in [0.2, 0.25) is 5.91 Å². The van der Waals surface area contributed by atoms with Crippen LogP contribution in [0.4, 0.5) is 0 Å². The van der Waals surface area contributed by atoms with E-state index in [2.05, 4.69) is 31.3 Å². The van der Waals surface area contributed by atoms with Crippen LogP contribution in [0.25, 0.3) is 0 Å². The van der Waals surface area contributed by atoms with Gasteiger partial charge in [0.1, 0.15) is 0 Å². The first-order valence-electron chi connectivity index (χ1n) is 28.1. The number of unbranched alkanes of at least 4 members (excludes halogenated alkanes) is 39. The van der Waals surface area contributed by atoms with E-state index in [9.17, 15) is 19.8 Å². The number of ether oxygens (including phenoxy) is 1. The van der Waals surface area contributed by atoms with E-state index in [-0.39, 0.29) is 18.5 Å². The monoisotopic (exact) mass is 888 g/mol. The third-order valence-electron chi connectivity index (χ3n) is 13.0. The predicted molar refractivity (Wildman–Crippen MR) is 273 cm³/mol. The Kier molecular flexibility index (Phi) is 51.6. The minimum absolute atomic E-state index is 0.000323. The summed E-state index contributed by atoms with van der Waals surface area (Å²) >= 11 is 0. The van der Waals surface area contributed by atoms with E-state index in [1.54, 1.807) is 6.08 Å². The Morgan fingerprint density at radius 3 is 1.13 bits per heavy atom. The van der Waals surface area contributed by atoms with Crippen molar-refractivity contribution in [1.29, 1.82) is 0 Å². The van der Waals surface area contributed by atoms with Crippen LogP contribution in [0, 0.1) is 0 Å². The molecule has 0 saturated carbocycles. The van der Waals surface area contributed by atoms with Crippen molar-refractivity contribution in [2.75, 3.05) is 13.2 Å². The Morgan fingerprint density at radius 2 is 0.746 bits per heavy atom. The maximum Gasteiger partial charge on any atom is 0.305 e. The van der Waals surface area contributed by atoms with Crippen LogP contribution in [-0.4, -0.2) is 47.4 Å². The molecule has 0 bridgehead atoms. The molecule has 6 heteroatoms. The number of amides is 1. The zero-order valence-corrected chi connectivity index (χ0v) is 42.3. The van der Waals surface area contributed by atoms with Gasteiger partial charge in [0.15, 0.2) is 0 Å². The summed E-state index contributed by atoms with van der Waals surface area (Å²) in [5, 5.41) is 23.1. The molecule has 2 unspecified atom stereocenters. The van der Waals surface area contributed by atoms with Gasteiger partial charge in [-0.15, -0.1) is 0 Å². The molecule has 0 spiro atoms. The quantitative estimate of drug-likeness (QED) is 0.0321. The smallest absolute Gasteiger partial charge is 0.305 e. The van der Waals surface area contributed by atoms with Gasteiger partial charge >= 0.3 is 5.97 Å². The second kappa shape index (κ2) is 53.0. The van der Waals surface area contributed by atoms with Crippen molar-refractivity contribution in [1.82, 2.24) is 5.32 Å². The van der Waals surface area contributed by atoms with Gasteiger partial charge in [0.25, 0.3) is 0 Å². The van der Waals surface area contributed by atoms with Gasteiger partial charge in [-0.2, -0.15) is 0 Å². The van der Waals surface area contributed by atoms with Gasteiger partial charge in [-0.05, 0) is 57.8 Å². The fourth-order valence-electron chi connectivity index (χ4n) is 8.63. The summed E-state index contributed by atoms with van der Waals surface area (Å²) in [6.07, 6.45) is 63.3. The lowest BCUT2D eigenvalue weighted by atomic mass is 10.0. The number of carbonyl (C=O) groups excluding carboxylic acids is 2. The summed E-state index contributed by atoms with van der Waals surface area (Å²) in [7, 11) is 0. The molecule has 0 aromatic heterocycles. The highest BCUT2D eigenvalue weighted by Gasteiger charge is 2.18. The Labute approximate surface area is 392 Å². The number of rotatable bonds is 52. The highest BCUT2D eigenvalue weighted by Crippen LogP contribution is 2.17. The summed E-state index contributed by atoms with van der Waals surface area (Å²) < 4.78 is 5.47. The van der Waals surface area contributed by atoms with E-state index in [1.807, 2.05) is 6.08 Å². The van der Waals surface area contributed by atoms with Crippen molar-refractivity contribution in [2.24, 2.45) is 0 Å². The van der Waals surface area contributed by atoms with Gasteiger partial charge in [0.05, 0.1) is 25.4 Å². The number of carbonyl (C=O) groups is 2. The second-order valence-corrected chi connectivity index (χ2v) is 19.3. The average Bonchev–Trinajstić information content (AvgIpc) is 3.28. The SMILES string of the molecule is CCCCCCC/C=C\CCCCCCCC(=O)OCCCCCCCCCCCCCCCCCCCCCC(=O)NC(CO)C(O)/C=C/CCCCCCCCCCCCC. The van der Waals surface area contributed by atoms with E-state index in [0.717, 1.165) is 44.9 Å². The van der Waals surface area contributed by atoms with Crippen LogP contribution in [0.3, 0.4) is 0 Å². The Bertz CT molecular complexity index is 982. The second-order valence-electron chi connectivity index (χ2n) is 19.3. The highest BCUT2D eigenvalue weighted by molar-refractivity contribution is 5.76. The summed E-state index contributed by atoms with van der Waals surface area (Å²) in [4.78, 5) is 24.5. The molecule has 0 rings (SSSR count). The van der Waals surface area contributed by atoms with Crippen molar-refractivity contribution in [3.05, 3.63) is 24.3 Å². The number of hydrogen-bond acceptors (Lipinski definition) is 5. The lowest BCUT2D eigenvalue weighted by Crippen LogP contribution is -2.45. The molecule has 0 radical (unpaired) electrons. The molecule has 2 atom stereocenters. The van der Waals surface area contributed by atoms with Crippen LogP contribution in [0.15, 0.2) is 24.3 Å². The number of hydrogen-bond donors (Lipinski definition) is 3. The largest absolute Gasteiger partial charge is 0.466 e. The number of nitrogens with one attached hydrogen (secondary N) is 1. The van der Waals surface area contributed by atoms with Crippen LogP contribution in [0.2, 0.25) is 0 Å². The van der Waals surface area contributed by atoms with E-state index in [1.165, 1.54) is 231 Å². The highest BCUT2D eigenvalue weighted by atomic mass is 16.5. The fraction of sp³-hybridized carbons (Fsp3) is 0.895. The first-order valence-corrected chi connectivity index (χ1v) is 28.1. The van der Waals surface area contributed by atoms with Gasteiger partial charge in [0, 0.05) is 12.8 Å². The fourth-order valence-corrected chi connectivity index (χ4v) is 8.63. The van der Waals surface area contributed by atoms with Crippen molar-refractivity contribution in [2.45, 2.75) is 315 Å². The maximum atomic E-state index is 12.4. The van der Waals surface area contributed by atoms with Gasteiger partial charge in [-0.3, -0.25) is 9.59 Å². The standard InChI is InChI=1S/C57H109NO5/c1-3-5-7-9-11-13-15-17-27-31-35-39-43-47-51-57(62)63-52-48-44-40-36-32-28-24-22-20-18-19-21-23-26-30-34-38-42-46-50-56(61)58-54(53-59)55(60)49-45-41-37-33-29-25-16-14-12-10-8-6-4-2/h15,17,45,49,54-55,59-60H,3-14,16,18-44,46-48,50-53H2,1-2H3,(H,58,61)/b17-15-,49-45+. The van der Waals surface area contributed by atoms with Crippen molar-refractivity contribution < 1.29 is 24.5 Å². The summed E-state index contributed by atoms with van der Waals surface area (Å²) in [5.74, 6) is -0.0711. The number of allylic oxidation sites excluding steroid dienone is 3. The van der Waals surface area contributed by atoms with E-state index >= 15 is 0 Å².